The van der Waals surface area contributed by atoms with E-state index in [1.54, 1.807) is 0 Å². The Balaban J connectivity index is 1.38. The molecule has 0 saturated heterocycles. The molecule has 3 rings (SSSR count). The van der Waals surface area contributed by atoms with Gasteiger partial charge in [0.2, 0.25) is 0 Å². The van der Waals surface area contributed by atoms with Crippen molar-refractivity contribution < 1.29 is 23.8 Å². The van der Waals surface area contributed by atoms with Gasteiger partial charge in [-0.05, 0) is 68.7 Å². The zero-order chi connectivity index (χ0) is 23.8. The van der Waals surface area contributed by atoms with Gasteiger partial charge in [-0.1, -0.05) is 29.3 Å². The molecular formula is C24H27Cl2FN2O4. The fraction of sp³-hybridized carbons (Fsp3) is 0.458. The van der Waals surface area contributed by atoms with E-state index in [9.17, 15) is 19.1 Å². The number of amides is 1. The van der Waals surface area contributed by atoms with Gasteiger partial charge >= 0.3 is 5.97 Å². The van der Waals surface area contributed by atoms with E-state index < -0.39 is 29.3 Å². The van der Waals surface area contributed by atoms with Crippen molar-refractivity contribution in [1.29, 1.82) is 0 Å². The molecule has 1 amide bonds. The van der Waals surface area contributed by atoms with Crippen LogP contribution in [0.4, 0.5) is 4.39 Å². The highest BCUT2D eigenvalue weighted by Gasteiger charge is 2.24. The first-order valence-corrected chi connectivity index (χ1v) is 11.8. The van der Waals surface area contributed by atoms with Gasteiger partial charge in [0.15, 0.2) is 0 Å². The van der Waals surface area contributed by atoms with Gasteiger partial charge in [-0.15, -0.1) is 0 Å². The lowest BCUT2D eigenvalue weighted by atomic mass is 9.95. The summed E-state index contributed by atoms with van der Waals surface area (Å²) in [5.41, 5.74) is 3.26. The third kappa shape index (κ3) is 7.39. The number of aliphatic carboxylic acids is 1. The number of hydrogen-bond acceptors (Lipinski definition) is 4. The van der Waals surface area contributed by atoms with Crippen molar-refractivity contribution in [3.05, 3.63) is 62.6 Å². The summed E-state index contributed by atoms with van der Waals surface area (Å²) in [6.07, 6.45) is 7.27. The molecule has 6 nitrogen and oxygen atoms in total. The van der Waals surface area contributed by atoms with Gasteiger partial charge in [-0.3, -0.25) is 9.78 Å². The number of hydrogen-bond donors (Lipinski definition) is 2. The third-order valence-electron chi connectivity index (χ3n) is 5.60. The first-order chi connectivity index (χ1) is 15.8. The van der Waals surface area contributed by atoms with Crippen LogP contribution in [0.15, 0.2) is 24.3 Å². The number of nitrogens with zero attached hydrogens (tertiary/aromatic N) is 1. The maximum Gasteiger partial charge on any atom is 0.326 e. The Morgan fingerprint density at radius 1 is 1.15 bits per heavy atom. The third-order valence-corrected chi connectivity index (χ3v) is 6.11. The van der Waals surface area contributed by atoms with E-state index in [1.807, 2.05) is 0 Å². The molecule has 0 fully saturated rings. The first kappa shape index (κ1) is 25.4. The van der Waals surface area contributed by atoms with Crippen molar-refractivity contribution in [3.63, 3.8) is 0 Å². The monoisotopic (exact) mass is 496 g/mol. The number of halogens is 3. The normalized spacial score (nSPS) is 13.9. The molecule has 0 bridgehead atoms. The summed E-state index contributed by atoms with van der Waals surface area (Å²) in [7, 11) is 0. The van der Waals surface area contributed by atoms with Gasteiger partial charge in [0.25, 0.3) is 5.91 Å². The van der Waals surface area contributed by atoms with Crippen LogP contribution < -0.4 is 5.32 Å². The summed E-state index contributed by atoms with van der Waals surface area (Å²) in [5, 5.41) is 11.5. The molecule has 1 aliphatic rings. The second kappa shape index (κ2) is 12.3. The number of ether oxygens (including phenoxy) is 1. The number of pyridine rings is 1. The van der Waals surface area contributed by atoms with Gasteiger partial charge < -0.3 is 15.2 Å². The van der Waals surface area contributed by atoms with E-state index in [1.165, 1.54) is 30.2 Å². The minimum absolute atomic E-state index is 0.0413. The SMILES string of the molecule is O=C(N[C@@H](CCOCCCCc1ccc2c(n1)CCCC2)C(=O)O)c1c(F)cc(Cl)cc1Cl. The number of nitrogens with one attached hydrogen (secondary N) is 1. The van der Waals surface area contributed by atoms with Crippen LogP contribution >= 0.6 is 23.2 Å². The van der Waals surface area contributed by atoms with E-state index >= 15 is 0 Å². The van der Waals surface area contributed by atoms with Gasteiger partial charge in [-0.2, -0.15) is 0 Å². The average molecular weight is 497 g/mol. The number of carboxylic acid groups (broad SMARTS) is 1. The number of rotatable bonds is 11. The smallest absolute Gasteiger partial charge is 0.326 e. The van der Waals surface area contributed by atoms with Crippen molar-refractivity contribution in [2.75, 3.05) is 13.2 Å². The summed E-state index contributed by atoms with van der Waals surface area (Å²) < 4.78 is 19.6. The molecule has 0 spiro atoms. The molecule has 9 heteroatoms. The standard InChI is InChI=1S/C24H27Cl2FN2O4/c25-16-13-18(26)22(19(27)14-16)23(30)29-21(24(31)32)10-12-33-11-4-3-6-17-9-8-15-5-1-2-7-20(15)28-17/h8-9,13-14,21H,1-7,10-12H2,(H,29,30)(H,31,32)/t21-/m0/s1. The molecule has 2 N–H and O–H groups in total. The molecule has 1 atom stereocenters. The predicted molar refractivity (Wildman–Crippen MR) is 125 cm³/mol. The highest BCUT2D eigenvalue weighted by Crippen LogP contribution is 2.24. The molecule has 1 aromatic carbocycles. The minimum Gasteiger partial charge on any atom is -0.480 e. The van der Waals surface area contributed by atoms with E-state index in [0.717, 1.165) is 43.9 Å². The largest absolute Gasteiger partial charge is 0.480 e. The van der Waals surface area contributed by atoms with Crippen LogP contribution in [-0.4, -0.2) is 41.2 Å². The van der Waals surface area contributed by atoms with Crippen molar-refractivity contribution in [3.8, 4) is 0 Å². The number of carbonyl (C=O) groups is 2. The van der Waals surface area contributed by atoms with Crippen molar-refractivity contribution in [2.24, 2.45) is 0 Å². The van der Waals surface area contributed by atoms with Gasteiger partial charge in [0.05, 0.1) is 10.6 Å². The number of aryl methyl sites for hydroxylation is 3. The summed E-state index contributed by atoms with van der Waals surface area (Å²) in [6, 6.07) is 5.22. The predicted octanol–water partition coefficient (Wildman–Crippen LogP) is 5.02. The van der Waals surface area contributed by atoms with Crippen LogP contribution in [0.1, 0.15) is 59.4 Å². The van der Waals surface area contributed by atoms with E-state index in [4.69, 9.17) is 32.9 Å². The Hall–Kier alpha value is -2.22. The summed E-state index contributed by atoms with van der Waals surface area (Å²) in [6.45, 7) is 0.619. The van der Waals surface area contributed by atoms with Crippen LogP contribution in [0.2, 0.25) is 10.0 Å². The van der Waals surface area contributed by atoms with Crippen LogP contribution in [-0.2, 0) is 28.8 Å². The lowest BCUT2D eigenvalue weighted by Crippen LogP contribution is -2.42. The van der Waals surface area contributed by atoms with E-state index in [-0.39, 0.29) is 23.1 Å². The van der Waals surface area contributed by atoms with E-state index in [2.05, 4.69) is 17.4 Å². The molecular weight excluding hydrogens is 470 g/mol. The molecule has 1 aromatic heterocycles. The summed E-state index contributed by atoms with van der Waals surface area (Å²) >= 11 is 11.6. The lowest BCUT2D eigenvalue weighted by Gasteiger charge is -2.16. The zero-order valence-electron chi connectivity index (χ0n) is 18.2. The Morgan fingerprint density at radius 2 is 1.94 bits per heavy atom. The van der Waals surface area contributed by atoms with Crippen LogP contribution in [0.5, 0.6) is 0 Å². The fourth-order valence-electron chi connectivity index (χ4n) is 3.83. The Kier molecular flexibility index (Phi) is 9.47. The van der Waals surface area contributed by atoms with Crippen molar-refractivity contribution in [1.82, 2.24) is 10.3 Å². The first-order valence-electron chi connectivity index (χ1n) is 11.1. The van der Waals surface area contributed by atoms with Crippen LogP contribution in [0, 0.1) is 5.82 Å². The van der Waals surface area contributed by atoms with Gasteiger partial charge in [-0.25, -0.2) is 9.18 Å². The quantitative estimate of drug-likeness (QED) is 0.426. The molecule has 178 valence electrons. The highest BCUT2D eigenvalue weighted by atomic mass is 35.5. The second-order valence-electron chi connectivity index (χ2n) is 8.08. The highest BCUT2D eigenvalue weighted by molar-refractivity contribution is 6.36. The number of fused-ring (bicyclic) bond motifs is 1. The van der Waals surface area contributed by atoms with Gasteiger partial charge in [0.1, 0.15) is 11.9 Å². The van der Waals surface area contributed by atoms with Crippen molar-refractivity contribution in [2.45, 2.75) is 57.4 Å². The van der Waals surface area contributed by atoms with Crippen molar-refractivity contribution >= 4 is 35.1 Å². The summed E-state index contributed by atoms with van der Waals surface area (Å²) in [4.78, 5) is 28.6. The number of aromatic nitrogens is 1. The molecule has 2 aromatic rings. The summed E-state index contributed by atoms with van der Waals surface area (Å²) in [5.74, 6) is -3.08. The Labute approximate surface area is 202 Å². The number of unbranched alkanes of at least 4 members (excludes halogenated alkanes) is 1. The number of carboxylic acids is 1. The Morgan fingerprint density at radius 3 is 2.70 bits per heavy atom. The number of carbonyl (C=O) groups excluding carboxylic acids is 1. The Bertz CT molecular complexity index is 979. The molecule has 1 aliphatic carbocycles. The second-order valence-corrected chi connectivity index (χ2v) is 8.93. The van der Waals surface area contributed by atoms with Crippen LogP contribution in [0.3, 0.4) is 0 Å². The van der Waals surface area contributed by atoms with E-state index in [0.29, 0.717) is 6.61 Å². The lowest BCUT2D eigenvalue weighted by molar-refractivity contribution is -0.139. The molecule has 1 heterocycles. The average Bonchev–Trinajstić information content (AvgIpc) is 2.76. The van der Waals surface area contributed by atoms with Gasteiger partial charge in [0, 0.05) is 36.0 Å². The molecule has 0 radical (unpaired) electrons. The van der Waals surface area contributed by atoms with Crippen LogP contribution in [0.25, 0.3) is 0 Å². The maximum absolute atomic E-state index is 14.0. The fourth-order valence-corrected chi connectivity index (χ4v) is 4.38. The topological polar surface area (TPSA) is 88.5 Å². The maximum atomic E-state index is 14.0. The molecule has 33 heavy (non-hydrogen) atoms. The molecule has 0 aliphatic heterocycles. The zero-order valence-corrected chi connectivity index (χ0v) is 19.7. The molecule has 0 unspecified atom stereocenters. The number of benzene rings is 1. The minimum atomic E-state index is -1.24. The molecule has 0 saturated carbocycles.